The summed E-state index contributed by atoms with van der Waals surface area (Å²) in [5.74, 6) is -0.890. The van der Waals surface area contributed by atoms with Gasteiger partial charge in [0.05, 0.1) is 23.9 Å². The lowest BCUT2D eigenvalue weighted by Crippen LogP contribution is -2.32. The second-order valence-corrected chi connectivity index (χ2v) is 6.48. The maximum atomic E-state index is 13.2. The number of alkyl halides is 3. The number of pyridine rings is 1. The Bertz CT molecular complexity index is 913. The van der Waals surface area contributed by atoms with Crippen molar-refractivity contribution in [2.75, 3.05) is 12.8 Å². The SMILES string of the molecule is COC(=O)c1c(N)c2ccc(C(F)(F)F)cc2n(C2CCCCC2)c1=O. The number of halogens is 3. The highest BCUT2D eigenvalue weighted by molar-refractivity contribution is 6.04. The molecule has 3 rings (SSSR count). The molecule has 2 aromatic rings. The van der Waals surface area contributed by atoms with Crippen LogP contribution in [0.3, 0.4) is 0 Å². The van der Waals surface area contributed by atoms with Crippen LogP contribution < -0.4 is 11.3 Å². The fraction of sp³-hybridized carbons (Fsp3) is 0.444. The lowest BCUT2D eigenvalue weighted by Gasteiger charge is -2.27. The Balaban J connectivity index is 2.38. The Labute approximate surface area is 147 Å². The van der Waals surface area contributed by atoms with Crippen molar-refractivity contribution in [3.05, 3.63) is 39.7 Å². The first-order valence-corrected chi connectivity index (χ1v) is 8.39. The molecule has 0 spiro atoms. The number of methoxy groups -OCH3 is 1. The molecule has 0 radical (unpaired) electrons. The average molecular weight is 368 g/mol. The van der Waals surface area contributed by atoms with Crippen molar-refractivity contribution in [3.8, 4) is 0 Å². The number of aromatic nitrogens is 1. The van der Waals surface area contributed by atoms with Gasteiger partial charge in [-0.2, -0.15) is 13.2 Å². The van der Waals surface area contributed by atoms with E-state index in [9.17, 15) is 22.8 Å². The molecule has 0 bridgehead atoms. The smallest absolute Gasteiger partial charge is 0.416 e. The van der Waals surface area contributed by atoms with Gasteiger partial charge in [0.1, 0.15) is 5.56 Å². The Hall–Kier alpha value is -2.51. The van der Waals surface area contributed by atoms with Crippen LogP contribution in [-0.2, 0) is 10.9 Å². The standard InChI is InChI=1S/C18H19F3N2O3/c1-26-17(25)14-15(22)12-8-7-10(18(19,20)21)9-13(12)23(16(14)24)11-5-3-2-4-6-11/h7-9,11H,2-6,22H2,1H3. The van der Waals surface area contributed by atoms with Crippen LogP contribution in [0.25, 0.3) is 10.9 Å². The highest BCUT2D eigenvalue weighted by atomic mass is 19.4. The summed E-state index contributed by atoms with van der Waals surface area (Å²) >= 11 is 0. The van der Waals surface area contributed by atoms with Crippen LogP contribution in [0.2, 0.25) is 0 Å². The Morgan fingerprint density at radius 2 is 1.88 bits per heavy atom. The molecule has 1 aromatic carbocycles. The molecule has 1 saturated carbocycles. The Morgan fingerprint density at radius 3 is 2.46 bits per heavy atom. The molecule has 26 heavy (non-hydrogen) atoms. The third-order valence-electron chi connectivity index (χ3n) is 4.91. The average Bonchev–Trinajstić information content (AvgIpc) is 2.61. The number of ether oxygens (including phenoxy) is 1. The van der Waals surface area contributed by atoms with Crippen LogP contribution in [0.5, 0.6) is 0 Å². The summed E-state index contributed by atoms with van der Waals surface area (Å²) in [6.07, 6.45) is -0.468. The maximum Gasteiger partial charge on any atom is 0.416 e. The number of nitrogens with zero attached hydrogens (tertiary/aromatic N) is 1. The molecule has 1 aromatic heterocycles. The van der Waals surface area contributed by atoms with Gasteiger partial charge in [-0.3, -0.25) is 4.79 Å². The number of hydrogen-bond acceptors (Lipinski definition) is 4. The number of fused-ring (bicyclic) bond motifs is 1. The highest BCUT2D eigenvalue weighted by Crippen LogP contribution is 2.36. The molecule has 2 N–H and O–H groups in total. The molecule has 1 fully saturated rings. The lowest BCUT2D eigenvalue weighted by atomic mass is 9.94. The van der Waals surface area contributed by atoms with Gasteiger partial charge in [0.25, 0.3) is 5.56 Å². The summed E-state index contributed by atoms with van der Waals surface area (Å²) in [7, 11) is 1.13. The minimum absolute atomic E-state index is 0.0990. The van der Waals surface area contributed by atoms with Crippen LogP contribution in [0, 0.1) is 0 Å². The fourth-order valence-electron chi connectivity index (χ4n) is 3.62. The van der Waals surface area contributed by atoms with E-state index >= 15 is 0 Å². The van der Waals surface area contributed by atoms with Gasteiger partial charge in [-0.25, -0.2) is 4.79 Å². The molecule has 8 heteroatoms. The number of benzene rings is 1. The van der Waals surface area contributed by atoms with E-state index in [1.54, 1.807) is 0 Å². The number of carbonyl (C=O) groups is 1. The van der Waals surface area contributed by atoms with Crippen molar-refractivity contribution in [3.63, 3.8) is 0 Å². The number of hydrogen-bond donors (Lipinski definition) is 1. The summed E-state index contributed by atoms with van der Waals surface area (Å²) < 4.78 is 45.4. The highest BCUT2D eigenvalue weighted by Gasteiger charge is 2.32. The zero-order valence-electron chi connectivity index (χ0n) is 14.2. The number of esters is 1. The molecular weight excluding hydrogens is 349 g/mol. The van der Waals surface area contributed by atoms with Gasteiger partial charge in [0, 0.05) is 11.4 Å². The normalized spacial score (nSPS) is 16.0. The third-order valence-corrected chi connectivity index (χ3v) is 4.91. The van der Waals surface area contributed by atoms with Gasteiger partial charge < -0.3 is 15.0 Å². The van der Waals surface area contributed by atoms with E-state index in [0.717, 1.165) is 38.5 Å². The number of carbonyl (C=O) groups excluding carboxylic acids is 1. The minimum atomic E-state index is -4.54. The summed E-state index contributed by atoms with van der Waals surface area (Å²) in [6.45, 7) is 0. The van der Waals surface area contributed by atoms with Crippen molar-refractivity contribution in [1.29, 1.82) is 0 Å². The number of nitrogens with two attached hydrogens (primary N) is 1. The first-order chi connectivity index (χ1) is 12.3. The Kier molecular flexibility index (Phi) is 4.68. The summed E-state index contributed by atoms with van der Waals surface area (Å²) in [4.78, 5) is 25.0. The topological polar surface area (TPSA) is 74.3 Å². The zero-order valence-corrected chi connectivity index (χ0v) is 14.2. The van der Waals surface area contributed by atoms with Gasteiger partial charge in [0.15, 0.2) is 0 Å². The van der Waals surface area contributed by atoms with Crippen molar-refractivity contribution in [2.24, 2.45) is 0 Å². The molecule has 1 aliphatic rings. The van der Waals surface area contributed by atoms with Crippen LogP contribution >= 0.6 is 0 Å². The van der Waals surface area contributed by atoms with Crippen molar-refractivity contribution >= 4 is 22.6 Å². The number of anilines is 1. The molecule has 0 atom stereocenters. The largest absolute Gasteiger partial charge is 0.465 e. The van der Waals surface area contributed by atoms with E-state index in [4.69, 9.17) is 5.73 Å². The van der Waals surface area contributed by atoms with E-state index < -0.39 is 23.3 Å². The molecule has 0 saturated heterocycles. The first kappa shape index (κ1) is 18.3. The Morgan fingerprint density at radius 1 is 1.23 bits per heavy atom. The van der Waals surface area contributed by atoms with Crippen molar-refractivity contribution in [2.45, 2.75) is 44.3 Å². The van der Waals surface area contributed by atoms with Crippen LogP contribution in [0.15, 0.2) is 23.0 Å². The number of rotatable bonds is 2. The maximum absolute atomic E-state index is 13.2. The predicted molar refractivity (Wildman–Crippen MR) is 91.1 cm³/mol. The van der Waals surface area contributed by atoms with E-state index in [1.165, 1.54) is 10.6 Å². The molecule has 1 heterocycles. The summed E-state index contributed by atoms with van der Waals surface area (Å²) in [5.41, 5.74) is 4.01. The minimum Gasteiger partial charge on any atom is -0.465 e. The molecular formula is C18H19F3N2O3. The second-order valence-electron chi connectivity index (χ2n) is 6.48. The zero-order chi connectivity index (χ0) is 19.1. The predicted octanol–water partition coefficient (Wildman–Crippen LogP) is 3.89. The molecule has 0 aliphatic heterocycles. The van der Waals surface area contributed by atoms with E-state index in [2.05, 4.69) is 4.74 Å². The quantitative estimate of drug-likeness (QED) is 0.816. The van der Waals surface area contributed by atoms with Gasteiger partial charge >= 0.3 is 12.1 Å². The number of nitrogen functional groups attached to an aromatic ring is 1. The van der Waals surface area contributed by atoms with E-state index in [1.807, 2.05) is 0 Å². The monoisotopic (exact) mass is 368 g/mol. The van der Waals surface area contributed by atoms with E-state index in [0.29, 0.717) is 12.8 Å². The van der Waals surface area contributed by atoms with Gasteiger partial charge in [-0.15, -0.1) is 0 Å². The van der Waals surface area contributed by atoms with Gasteiger partial charge in [0.2, 0.25) is 0 Å². The van der Waals surface area contributed by atoms with Crippen LogP contribution in [0.4, 0.5) is 18.9 Å². The molecule has 5 nitrogen and oxygen atoms in total. The van der Waals surface area contributed by atoms with Crippen molar-refractivity contribution in [1.82, 2.24) is 4.57 Å². The second kappa shape index (κ2) is 6.66. The molecule has 140 valence electrons. The van der Waals surface area contributed by atoms with E-state index in [-0.39, 0.29) is 28.2 Å². The molecule has 0 unspecified atom stereocenters. The molecule has 1 aliphatic carbocycles. The fourth-order valence-corrected chi connectivity index (χ4v) is 3.62. The first-order valence-electron chi connectivity index (χ1n) is 8.39. The van der Waals surface area contributed by atoms with Crippen molar-refractivity contribution < 1.29 is 22.7 Å². The lowest BCUT2D eigenvalue weighted by molar-refractivity contribution is -0.137. The summed E-state index contributed by atoms with van der Waals surface area (Å²) in [5, 5.41) is 0.239. The van der Waals surface area contributed by atoms with Crippen LogP contribution in [0.1, 0.15) is 54.1 Å². The molecule has 0 amide bonds. The third kappa shape index (κ3) is 3.04. The van der Waals surface area contributed by atoms with Crippen LogP contribution in [-0.4, -0.2) is 17.6 Å². The summed E-state index contributed by atoms with van der Waals surface area (Å²) in [6, 6.07) is 2.77. The van der Waals surface area contributed by atoms with Gasteiger partial charge in [-0.05, 0) is 25.0 Å². The van der Waals surface area contributed by atoms with Gasteiger partial charge in [-0.1, -0.05) is 25.3 Å².